The van der Waals surface area contributed by atoms with Crippen LogP contribution < -0.4 is 5.32 Å². The average molecular weight is 495 g/mol. The first-order chi connectivity index (χ1) is 17.2. The van der Waals surface area contributed by atoms with E-state index in [1.54, 1.807) is 12.1 Å². The Labute approximate surface area is 216 Å². The van der Waals surface area contributed by atoms with Crippen molar-refractivity contribution in [2.45, 2.75) is 83.3 Å². The molecule has 3 atom stereocenters. The molecule has 0 unspecified atom stereocenters. The Morgan fingerprint density at radius 3 is 2.39 bits per heavy atom. The number of hydrogen-bond donors (Lipinski definition) is 1. The summed E-state index contributed by atoms with van der Waals surface area (Å²) in [7, 11) is 0. The highest BCUT2D eigenvalue weighted by Gasteiger charge is 2.37. The van der Waals surface area contributed by atoms with Crippen molar-refractivity contribution in [3.05, 3.63) is 71.5 Å². The molecular weight excluding hydrogens is 451 g/mol. The van der Waals surface area contributed by atoms with Crippen molar-refractivity contribution in [2.24, 2.45) is 11.8 Å². The Kier molecular flexibility index (Phi) is 9.05. The first kappa shape index (κ1) is 26.7. The SMILES string of the molecule is CC(C)(C)OC(=O)N[C@@H]1C[C@H](CN2CCC(CCCc3ccc(F)cc3)CC2)[C@@H](c2ccccc2)C1. The second-order valence-electron chi connectivity index (χ2n) is 11.9. The first-order valence-electron chi connectivity index (χ1n) is 13.8. The maximum absolute atomic E-state index is 13.1. The topological polar surface area (TPSA) is 41.6 Å². The molecule has 0 bridgehead atoms. The third-order valence-electron chi connectivity index (χ3n) is 7.83. The fourth-order valence-corrected chi connectivity index (χ4v) is 6.06. The second-order valence-corrected chi connectivity index (χ2v) is 11.9. The van der Waals surface area contributed by atoms with Gasteiger partial charge in [-0.25, -0.2) is 9.18 Å². The Bertz CT molecular complexity index is 949. The molecule has 36 heavy (non-hydrogen) atoms. The minimum atomic E-state index is -0.482. The number of alkyl carbamates (subject to hydrolysis) is 1. The molecule has 2 aromatic rings. The summed E-state index contributed by atoms with van der Waals surface area (Å²) in [5.74, 6) is 1.62. The molecule has 2 fully saturated rings. The van der Waals surface area contributed by atoms with E-state index >= 15 is 0 Å². The number of rotatable bonds is 8. The standard InChI is InChI=1S/C31H43FN2O2/c1-31(2,3)36-30(35)33-28-20-26(29(21-28)25-10-5-4-6-11-25)22-34-18-16-24(17-19-34)9-7-8-23-12-14-27(32)15-13-23/h4-6,10-15,24,26,28-29H,7-9,16-22H2,1-3H3,(H,33,35)/t26-,28-,29-/m1/s1. The molecule has 4 rings (SSSR count). The van der Waals surface area contributed by atoms with Crippen molar-refractivity contribution >= 4 is 6.09 Å². The number of nitrogens with zero attached hydrogens (tertiary/aromatic N) is 1. The van der Waals surface area contributed by atoms with Crippen molar-refractivity contribution in [1.29, 1.82) is 0 Å². The van der Waals surface area contributed by atoms with Crippen LogP contribution in [-0.2, 0) is 11.2 Å². The Morgan fingerprint density at radius 1 is 1.03 bits per heavy atom. The summed E-state index contributed by atoms with van der Waals surface area (Å²) < 4.78 is 18.6. The third kappa shape index (κ3) is 8.06. The van der Waals surface area contributed by atoms with Crippen LogP contribution in [0, 0.1) is 17.7 Å². The van der Waals surface area contributed by atoms with Gasteiger partial charge in [0.05, 0.1) is 0 Å². The van der Waals surface area contributed by atoms with Crippen LogP contribution in [0.2, 0.25) is 0 Å². The van der Waals surface area contributed by atoms with Crippen molar-refractivity contribution in [3.63, 3.8) is 0 Å². The number of hydrogen-bond acceptors (Lipinski definition) is 3. The van der Waals surface area contributed by atoms with Gasteiger partial charge in [-0.1, -0.05) is 48.9 Å². The van der Waals surface area contributed by atoms with Gasteiger partial charge in [0, 0.05) is 12.6 Å². The molecule has 1 saturated carbocycles. The molecule has 2 aliphatic rings. The molecule has 0 aromatic heterocycles. The molecular formula is C31H43FN2O2. The van der Waals surface area contributed by atoms with E-state index in [9.17, 15) is 9.18 Å². The van der Waals surface area contributed by atoms with Crippen molar-refractivity contribution in [3.8, 4) is 0 Å². The summed E-state index contributed by atoms with van der Waals surface area (Å²) in [6.45, 7) is 9.12. The summed E-state index contributed by atoms with van der Waals surface area (Å²) in [4.78, 5) is 15.1. The van der Waals surface area contributed by atoms with Crippen molar-refractivity contribution in [1.82, 2.24) is 10.2 Å². The van der Waals surface area contributed by atoms with Crippen LogP contribution in [0.15, 0.2) is 54.6 Å². The zero-order chi connectivity index (χ0) is 25.5. The molecule has 4 nitrogen and oxygen atoms in total. The van der Waals surface area contributed by atoms with Crippen LogP contribution in [-0.4, -0.2) is 42.3 Å². The van der Waals surface area contributed by atoms with Crippen molar-refractivity contribution < 1.29 is 13.9 Å². The van der Waals surface area contributed by atoms with E-state index in [-0.39, 0.29) is 18.0 Å². The van der Waals surface area contributed by atoms with Gasteiger partial charge in [-0.3, -0.25) is 0 Å². The molecule has 1 saturated heterocycles. The highest BCUT2D eigenvalue weighted by atomic mass is 19.1. The third-order valence-corrected chi connectivity index (χ3v) is 7.83. The predicted octanol–water partition coefficient (Wildman–Crippen LogP) is 6.95. The van der Waals surface area contributed by atoms with Crippen LogP contribution >= 0.6 is 0 Å². The fraction of sp³-hybridized carbons (Fsp3) is 0.581. The van der Waals surface area contributed by atoms with E-state index < -0.39 is 5.60 Å². The van der Waals surface area contributed by atoms with Gasteiger partial charge in [0.25, 0.3) is 0 Å². The van der Waals surface area contributed by atoms with Gasteiger partial charge in [-0.05, 0) is 113 Å². The van der Waals surface area contributed by atoms with E-state index in [1.165, 1.54) is 36.8 Å². The number of halogens is 1. The largest absolute Gasteiger partial charge is 0.444 e. The number of piperidine rings is 1. The second kappa shape index (κ2) is 12.2. The number of benzene rings is 2. The summed E-state index contributed by atoms with van der Waals surface area (Å²) in [5.41, 5.74) is 2.13. The normalized spacial score (nSPS) is 23.5. The molecule has 1 N–H and O–H groups in total. The highest BCUT2D eigenvalue weighted by Crippen LogP contribution is 2.41. The van der Waals surface area contributed by atoms with E-state index in [2.05, 4.69) is 40.5 Å². The van der Waals surface area contributed by atoms with Crippen LogP contribution in [0.3, 0.4) is 0 Å². The van der Waals surface area contributed by atoms with Crippen LogP contribution in [0.1, 0.15) is 76.3 Å². The monoisotopic (exact) mass is 494 g/mol. The van der Waals surface area contributed by atoms with Gasteiger partial charge in [0.2, 0.25) is 0 Å². The maximum atomic E-state index is 13.1. The maximum Gasteiger partial charge on any atom is 0.407 e. The Balaban J connectivity index is 1.26. The number of carbonyl (C=O) groups is 1. The number of likely N-dealkylation sites (tertiary alicyclic amines) is 1. The lowest BCUT2D eigenvalue weighted by Crippen LogP contribution is -2.39. The number of nitrogens with one attached hydrogen (secondary N) is 1. The van der Waals surface area contributed by atoms with E-state index in [0.29, 0.717) is 11.8 Å². The number of carbonyl (C=O) groups excluding carboxylic acids is 1. The summed E-state index contributed by atoms with van der Waals surface area (Å²) >= 11 is 0. The van der Waals surface area contributed by atoms with Gasteiger partial charge in [0.1, 0.15) is 11.4 Å². The molecule has 196 valence electrons. The van der Waals surface area contributed by atoms with Gasteiger partial charge < -0.3 is 15.0 Å². The minimum absolute atomic E-state index is 0.152. The van der Waals surface area contributed by atoms with Gasteiger partial charge >= 0.3 is 6.09 Å². The highest BCUT2D eigenvalue weighted by molar-refractivity contribution is 5.68. The molecule has 0 spiro atoms. The summed E-state index contributed by atoms with van der Waals surface area (Å²) in [6, 6.07) is 17.9. The predicted molar refractivity (Wildman–Crippen MR) is 144 cm³/mol. The minimum Gasteiger partial charge on any atom is -0.444 e. The zero-order valence-corrected chi connectivity index (χ0v) is 22.2. The lowest BCUT2D eigenvalue weighted by molar-refractivity contribution is 0.0503. The zero-order valence-electron chi connectivity index (χ0n) is 22.2. The Morgan fingerprint density at radius 2 is 1.72 bits per heavy atom. The summed E-state index contributed by atoms with van der Waals surface area (Å²) in [5, 5.41) is 3.15. The lowest BCUT2D eigenvalue weighted by atomic mass is 9.87. The fourth-order valence-electron chi connectivity index (χ4n) is 6.06. The molecule has 1 amide bonds. The Hall–Kier alpha value is -2.40. The van der Waals surface area contributed by atoms with Gasteiger partial charge in [-0.15, -0.1) is 0 Å². The van der Waals surface area contributed by atoms with Gasteiger partial charge in [0.15, 0.2) is 0 Å². The van der Waals surface area contributed by atoms with Crippen LogP contribution in [0.5, 0.6) is 0 Å². The lowest BCUT2D eigenvalue weighted by Gasteiger charge is -2.35. The van der Waals surface area contributed by atoms with E-state index in [1.807, 2.05) is 32.9 Å². The summed E-state index contributed by atoms with van der Waals surface area (Å²) in [6.07, 6.45) is 7.63. The van der Waals surface area contributed by atoms with E-state index in [4.69, 9.17) is 4.74 Å². The van der Waals surface area contributed by atoms with E-state index in [0.717, 1.165) is 44.8 Å². The molecule has 1 aliphatic carbocycles. The number of ether oxygens (including phenoxy) is 1. The number of amides is 1. The molecule has 2 aromatic carbocycles. The quantitative estimate of drug-likeness (QED) is 0.432. The smallest absolute Gasteiger partial charge is 0.407 e. The van der Waals surface area contributed by atoms with Gasteiger partial charge in [-0.2, -0.15) is 0 Å². The molecule has 5 heteroatoms. The first-order valence-corrected chi connectivity index (χ1v) is 13.8. The average Bonchev–Trinajstić information content (AvgIpc) is 3.22. The molecule has 1 heterocycles. The molecule has 1 aliphatic heterocycles. The molecule has 0 radical (unpaired) electrons. The van der Waals surface area contributed by atoms with Crippen LogP contribution in [0.4, 0.5) is 9.18 Å². The number of aryl methyl sites for hydroxylation is 1. The van der Waals surface area contributed by atoms with Crippen LogP contribution in [0.25, 0.3) is 0 Å². The van der Waals surface area contributed by atoms with Crippen molar-refractivity contribution in [2.75, 3.05) is 19.6 Å².